The second kappa shape index (κ2) is 5.36. The molecule has 1 nitrogen and oxygen atoms in total. The van der Waals surface area contributed by atoms with Crippen molar-refractivity contribution in [3.8, 4) is 0 Å². The Balaban J connectivity index is 3.80. The van der Waals surface area contributed by atoms with Gasteiger partial charge in [-0.3, -0.25) is 0 Å². The van der Waals surface area contributed by atoms with Crippen LogP contribution in [-0.4, -0.2) is 10.7 Å². The summed E-state index contributed by atoms with van der Waals surface area (Å²) in [4.78, 5) is 0. The van der Waals surface area contributed by atoms with Gasteiger partial charge < -0.3 is 5.11 Å². The summed E-state index contributed by atoms with van der Waals surface area (Å²) < 4.78 is 0. The lowest BCUT2D eigenvalue weighted by Crippen LogP contribution is -2.27. The van der Waals surface area contributed by atoms with Crippen LogP contribution in [0.5, 0.6) is 0 Å². The van der Waals surface area contributed by atoms with E-state index in [2.05, 4.69) is 13.0 Å². The van der Waals surface area contributed by atoms with E-state index in [4.69, 9.17) is 0 Å². The van der Waals surface area contributed by atoms with Crippen LogP contribution < -0.4 is 0 Å². The molecule has 0 aliphatic heterocycles. The third kappa shape index (κ3) is 4.55. The SMILES string of the molecule is CCCC/C=C\C(C)(O)C(C)C. The molecule has 1 unspecified atom stereocenters. The minimum absolute atomic E-state index is 0.287. The molecule has 0 saturated carbocycles. The zero-order valence-corrected chi connectivity index (χ0v) is 8.80. The third-order valence-electron chi connectivity index (χ3n) is 2.35. The van der Waals surface area contributed by atoms with E-state index in [-0.39, 0.29) is 5.92 Å². The average Bonchev–Trinajstić information content (AvgIpc) is 1.98. The standard InChI is InChI=1S/C11H22O/c1-5-6-7-8-9-11(4,12)10(2)3/h8-10,12H,5-7H2,1-4H3/b9-8-. The Labute approximate surface area is 76.5 Å². The van der Waals surface area contributed by atoms with E-state index in [0.29, 0.717) is 0 Å². The van der Waals surface area contributed by atoms with Crippen molar-refractivity contribution < 1.29 is 5.11 Å². The molecule has 0 aromatic carbocycles. The molecule has 0 amide bonds. The number of hydrogen-bond donors (Lipinski definition) is 1. The van der Waals surface area contributed by atoms with Crippen molar-refractivity contribution in [1.29, 1.82) is 0 Å². The molecule has 0 aromatic heterocycles. The predicted molar refractivity (Wildman–Crippen MR) is 54.1 cm³/mol. The largest absolute Gasteiger partial charge is 0.386 e. The molecule has 0 spiro atoms. The molecule has 0 aliphatic carbocycles. The maximum Gasteiger partial charge on any atom is 0.0822 e. The minimum atomic E-state index is -0.631. The third-order valence-corrected chi connectivity index (χ3v) is 2.35. The molecule has 0 bridgehead atoms. The molecule has 0 rings (SSSR count). The molecule has 0 aromatic rings. The van der Waals surface area contributed by atoms with Crippen LogP contribution in [-0.2, 0) is 0 Å². The first kappa shape index (κ1) is 11.7. The van der Waals surface area contributed by atoms with Crippen LogP contribution in [0.3, 0.4) is 0 Å². The lowest BCUT2D eigenvalue weighted by molar-refractivity contribution is 0.0623. The first-order chi connectivity index (χ1) is 5.50. The first-order valence-corrected chi connectivity index (χ1v) is 4.90. The van der Waals surface area contributed by atoms with E-state index in [1.54, 1.807) is 0 Å². The Bertz CT molecular complexity index is 134. The molecule has 1 heteroatoms. The molecule has 0 aliphatic rings. The van der Waals surface area contributed by atoms with E-state index < -0.39 is 5.60 Å². The van der Waals surface area contributed by atoms with Gasteiger partial charge in [0.1, 0.15) is 0 Å². The van der Waals surface area contributed by atoms with Crippen molar-refractivity contribution in [1.82, 2.24) is 0 Å². The summed E-state index contributed by atoms with van der Waals surface area (Å²) in [5.74, 6) is 0.287. The normalized spacial score (nSPS) is 17.2. The van der Waals surface area contributed by atoms with Gasteiger partial charge >= 0.3 is 0 Å². The molecule has 0 saturated heterocycles. The molecule has 1 atom stereocenters. The van der Waals surface area contributed by atoms with Crippen molar-refractivity contribution in [2.24, 2.45) is 5.92 Å². The molecule has 12 heavy (non-hydrogen) atoms. The highest BCUT2D eigenvalue weighted by atomic mass is 16.3. The van der Waals surface area contributed by atoms with Gasteiger partial charge in [0.2, 0.25) is 0 Å². The lowest BCUT2D eigenvalue weighted by atomic mass is 9.92. The highest BCUT2D eigenvalue weighted by Gasteiger charge is 2.20. The highest BCUT2D eigenvalue weighted by Crippen LogP contribution is 2.17. The number of aliphatic hydroxyl groups is 1. The Morgan fingerprint density at radius 3 is 2.42 bits per heavy atom. The maximum atomic E-state index is 9.80. The smallest absolute Gasteiger partial charge is 0.0822 e. The molecular formula is C11H22O. The van der Waals surface area contributed by atoms with Gasteiger partial charge in [0.15, 0.2) is 0 Å². The van der Waals surface area contributed by atoms with Crippen LogP contribution >= 0.6 is 0 Å². The summed E-state index contributed by atoms with van der Waals surface area (Å²) >= 11 is 0. The molecule has 72 valence electrons. The topological polar surface area (TPSA) is 20.2 Å². The van der Waals surface area contributed by atoms with E-state index >= 15 is 0 Å². The second-order valence-electron chi connectivity index (χ2n) is 3.93. The monoisotopic (exact) mass is 170 g/mol. The Morgan fingerprint density at radius 1 is 1.42 bits per heavy atom. The van der Waals surface area contributed by atoms with Crippen LogP contribution in [0.25, 0.3) is 0 Å². The molecule has 1 N–H and O–H groups in total. The van der Waals surface area contributed by atoms with Gasteiger partial charge in [-0.1, -0.05) is 45.8 Å². The van der Waals surface area contributed by atoms with E-state index in [1.807, 2.05) is 26.8 Å². The van der Waals surface area contributed by atoms with Crippen LogP contribution in [0.2, 0.25) is 0 Å². The summed E-state index contributed by atoms with van der Waals surface area (Å²) in [7, 11) is 0. The van der Waals surface area contributed by atoms with Gasteiger partial charge in [-0.2, -0.15) is 0 Å². The van der Waals surface area contributed by atoms with Crippen LogP contribution in [0.1, 0.15) is 47.0 Å². The fraction of sp³-hybridized carbons (Fsp3) is 0.818. The average molecular weight is 170 g/mol. The van der Waals surface area contributed by atoms with Gasteiger partial charge in [-0.15, -0.1) is 0 Å². The van der Waals surface area contributed by atoms with Crippen LogP contribution in [0, 0.1) is 5.92 Å². The number of hydrogen-bond acceptors (Lipinski definition) is 1. The quantitative estimate of drug-likeness (QED) is 0.496. The van der Waals surface area contributed by atoms with Crippen LogP contribution in [0.15, 0.2) is 12.2 Å². The fourth-order valence-corrected chi connectivity index (χ4v) is 0.836. The first-order valence-electron chi connectivity index (χ1n) is 4.90. The van der Waals surface area contributed by atoms with Gasteiger partial charge in [-0.25, -0.2) is 0 Å². The minimum Gasteiger partial charge on any atom is -0.386 e. The summed E-state index contributed by atoms with van der Waals surface area (Å²) in [5, 5.41) is 9.80. The van der Waals surface area contributed by atoms with Crippen molar-refractivity contribution in [2.45, 2.75) is 52.6 Å². The molecule has 0 radical (unpaired) electrons. The number of rotatable bonds is 5. The molecule has 0 fully saturated rings. The zero-order valence-electron chi connectivity index (χ0n) is 8.80. The summed E-state index contributed by atoms with van der Waals surface area (Å²) in [6, 6.07) is 0. The summed E-state index contributed by atoms with van der Waals surface area (Å²) in [6.45, 7) is 8.10. The predicted octanol–water partition coefficient (Wildman–Crippen LogP) is 3.14. The summed E-state index contributed by atoms with van der Waals surface area (Å²) in [5.41, 5.74) is -0.631. The second-order valence-corrected chi connectivity index (χ2v) is 3.93. The molecular weight excluding hydrogens is 148 g/mol. The Kier molecular flexibility index (Phi) is 5.23. The van der Waals surface area contributed by atoms with Gasteiger partial charge in [0.25, 0.3) is 0 Å². The Morgan fingerprint density at radius 2 is 2.00 bits per heavy atom. The van der Waals surface area contributed by atoms with Gasteiger partial charge in [0.05, 0.1) is 5.60 Å². The van der Waals surface area contributed by atoms with E-state index in [1.165, 1.54) is 12.8 Å². The van der Waals surface area contributed by atoms with Crippen molar-refractivity contribution in [3.63, 3.8) is 0 Å². The van der Waals surface area contributed by atoms with E-state index in [9.17, 15) is 5.11 Å². The zero-order chi connectivity index (χ0) is 9.61. The summed E-state index contributed by atoms with van der Waals surface area (Å²) in [6.07, 6.45) is 7.52. The highest BCUT2D eigenvalue weighted by molar-refractivity contribution is 4.99. The van der Waals surface area contributed by atoms with Gasteiger partial charge in [0, 0.05) is 0 Å². The maximum absolute atomic E-state index is 9.80. The van der Waals surface area contributed by atoms with Crippen LogP contribution in [0.4, 0.5) is 0 Å². The Hall–Kier alpha value is -0.300. The van der Waals surface area contributed by atoms with Gasteiger partial charge in [-0.05, 0) is 19.3 Å². The number of allylic oxidation sites excluding steroid dienone is 1. The van der Waals surface area contributed by atoms with Crippen molar-refractivity contribution >= 4 is 0 Å². The fourth-order valence-electron chi connectivity index (χ4n) is 0.836. The van der Waals surface area contributed by atoms with Crippen molar-refractivity contribution in [2.75, 3.05) is 0 Å². The lowest BCUT2D eigenvalue weighted by Gasteiger charge is -2.23. The number of unbranched alkanes of at least 4 members (excludes halogenated alkanes) is 2. The van der Waals surface area contributed by atoms with Crippen molar-refractivity contribution in [3.05, 3.63) is 12.2 Å². The van der Waals surface area contributed by atoms with E-state index in [0.717, 1.165) is 6.42 Å². The molecule has 0 heterocycles.